The van der Waals surface area contributed by atoms with Crippen molar-refractivity contribution < 1.29 is 22.3 Å². The lowest BCUT2D eigenvalue weighted by Crippen LogP contribution is -2.26. The van der Waals surface area contributed by atoms with Gasteiger partial charge in [-0.3, -0.25) is 0 Å². The van der Waals surface area contributed by atoms with Gasteiger partial charge in [-0.25, -0.2) is 8.42 Å². The Hall–Kier alpha value is -2.91. The van der Waals surface area contributed by atoms with Crippen molar-refractivity contribution in [3.8, 4) is 23.0 Å². The lowest BCUT2D eigenvalue weighted by atomic mass is 10.2. The molecule has 28 heavy (non-hydrogen) atoms. The van der Waals surface area contributed by atoms with Crippen molar-refractivity contribution in [1.82, 2.24) is 14.5 Å². The second-order valence-electron chi connectivity index (χ2n) is 5.87. The van der Waals surface area contributed by atoms with Crippen LogP contribution in [-0.2, 0) is 16.6 Å². The fraction of sp³-hybridized carbons (Fsp3) is 0.263. The van der Waals surface area contributed by atoms with E-state index in [1.165, 1.54) is 23.5 Å². The van der Waals surface area contributed by atoms with E-state index in [1.54, 1.807) is 43.5 Å². The summed E-state index contributed by atoms with van der Waals surface area (Å²) >= 11 is 0. The molecule has 8 nitrogen and oxygen atoms in total. The van der Waals surface area contributed by atoms with E-state index in [0.29, 0.717) is 23.7 Å². The highest BCUT2D eigenvalue weighted by Gasteiger charge is 2.23. The van der Waals surface area contributed by atoms with Crippen LogP contribution >= 0.6 is 0 Å². The van der Waals surface area contributed by atoms with Crippen LogP contribution in [-0.4, -0.2) is 43.7 Å². The normalized spacial score (nSPS) is 11.6. The average Bonchev–Trinajstić information content (AvgIpc) is 3.17. The summed E-state index contributed by atoms with van der Waals surface area (Å²) in [4.78, 5) is 0.202. The van der Waals surface area contributed by atoms with Crippen molar-refractivity contribution in [2.24, 2.45) is 0 Å². The Morgan fingerprint density at radius 2 is 1.82 bits per heavy atom. The molecule has 148 valence electrons. The van der Waals surface area contributed by atoms with E-state index in [1.807, 2.05) is 6.92 Å². The Bertz CT molecular complexity index is 1030. The number of hydrogen-bond acceptors (Lipinski definition) is 7. The van der Waals surface area contributed by atoms with Gasteiger partial charge in [0.15, 0.2) is 11.5 Å². The molecule has 1 aromatic heterocycles. The summed E-state index contributed by atoms with van der Waals surface area (Å²) in [5, 5.41) is 7.97. The highest BCUT2D eigenvalue weighted by Crippen LogP contribution is 2.32. The van der Waals surface area contributed by atoms with Gasteiger partial charge in [-0.05, 0) is 37.3 Å². The summed E-state index contributed by atoms with van der Waals surface area (Å²) in [5.74, 6) is 1.61. The largest absolute Gasteiger partial charge is 0.493 e. The van der Waals surface area contributed by atoms with Gasteiger partial charge >= 0.3 is 0 Å². The number of hydrogen-bond donors (Lipinski definition) is 0. The predicted octanol–water partition coefficient (Wildman–Crippen LogP) is 2.96. The Balaban J connectivity index is 1.79. The van der Waals surface area contributed by atoms with Crippen LogP contribution in [0.5, 0.6) is 11.5 Å². The summed E-state index contributed by atoms with van der Waals surface area (Å²) in [7, 11) is -0.636. The Labute approximate surface area is 163 Å². The Kier molecular flexibility index (Phi) is 5.96. The molecule has 0 amide bonds. The number of rotatable bonds is 8. The van der Waals surface area contributed by atoms with Gasteiger partial charge in [-0.15, -0.1) is 10.2 Å². The van der Waals surface area contributed by atoms with E-state index in [9.17, 15) is 8.42 Å². The molecule has 0 unspecified atom stereocenters. The highest BCUT2D eigenvalue weighted by atomic mass is 32.2. The van der Waals surface area contributed by atoms with Crippen molar-refractivity contribution in [3.63, 3.8) is 0 Å². The zero-order valence-electron chi connectivity index (χ0n) is 15.8. The molecule has 3 rings (SSSR count). The van der Waals surface area contributed by atoms with Gasteiger partial charge in [0.1, 0.15) is 0 Å². The van der Waals surface area contributed by atoms with E-state index in [2.05, 4.69) is 10.2 Å². The smallest absolute Gasteiger partial charge is 0.247 e. The summed E-state index contributed by atoms with van der Waals surface area (Å²) in [6, 6.07) is 13.4. The monoisotopic (exact) mass is 403 g/mol. The third-order valence-corrected chi connectivity index (χ3v) is 5.80. The zero-order valence-corrected chi connectivity index (χ0v) is 16.6. The van der Waals surface area contributed by atoms with E-state index in [0.717, 1.165) is 0 Å². The first-order valence-electron chi connectivity index (χ1n) is 8.60. The van der Waals surface area contributed by atoms with Crippen molar-refractivity contribution >= 4 is 10.0 Å². The van der Waals surface area contributed by atoms with Gasteiger partial charge in [0.2, 0.25) is 21.8 Å². The first-order chi connectivity index (χ1) is 13.5. The molecule has 0 saturated heterocycles. The number of nitrogens with zero attached hydrogens (tertiary/aromatic N) is 3. The van der Waals surface area contributed by atoms with Crippen LogP contribution < -0.4 is 9.47 Å². The van der Waals surface area contributed by atoms with Crippen molar-refractivity contribution in [1.29, 1.82) is 0 Å². The van der Waals surface area contributed by atoms with E-state index >= 15 is 0 Å². The summed E-state index contributed by atoms with van der Waals surface area (Å²) < 4.78 is 42.8. The summed E-state index contributed by atoms with van der Waals surface area (Å²) in [5.41, 5.74) is 0.646. The zero-order chi connectivity index (χ0) is 20.1. The molecule has 0 fully saturated rings. The van der Waals surface area contributed by atoms with Crippen molar-refractivity contribution in [2.45, 2.75) is 18.4 Å². The molecule has 0 bridgehead atoms. The second kappa shape index (κ2) is 8.41. The minimum Gasteiger partial charge on any atom is -0.493 e. The molecule has 0 atom stereocenters. The maximum atomic E-state index is 12.6. The number of ether oxygens (including phenoxy) is 2. The lowest BCUT2D eigenvalue weighted by Gasteiger charge is -2.14. The first kappa shape index (κ1) is 19.8. The Morgan fingerprint density at radius 1 is 1.07 bits per heavy atom. The van der Waals surface area contributed by atoms with Crippen molar-refractivity contribution in [2.75, 3.05) is 20.8 Å². The maximum absolute atomic E-state index is 12.6. The van der Waals surface area contributed by atoms with Gasteiger partial charge in [0.05, 0.1) is 25.2 Å². The maximum Gasteiger partial charge on any atom is 0.247 e. The lowest BCUT2D eigenvalue weighted by molar-refractivity contribution is 0.311. The standard InChI is InChI=1S/C19H21N3O5S/c1-4-26-16-11-10-14(12-17(16)25-3)19-21-20-18(27-19)13-22(2)28(23,24)15-8-6-5-7-9-15/h5-12H,4,13H2,1-3H3. The SMILES string of the molecule is CCOc1ccc(-c2nnc(CN(C)S(=O)(=O)c3ccccc3)o2)cc1OC. The van der Waals surface area contributed by atoms with Crippen LogP contribution in [0.15, 0.2) is 57.8 Å². The molecule has 0 N–H and O–H groups in total. The van der Waals surface area contributed by atoms with Crippen molar-refractivity contribution in [3.05, 3.63) is 54.4 Å². The molecular weight excluding hydrogens is 382 g/mol. The van der Waals surface area contributed by atoms with Crippen LogP contribution in [0.2, 0.25) is 0 Å². The highest BCUT2D eigenvalue weighted by molar-refractivity contribution is 7.89. The van der Waals surface area contributed by atoms with E-state index in [4.69, 9.17) is 13.9 Å². The molecule has 1 heterocycles. The number of benzene rings is 2. The Morgan fingerprint density at radius 3 is 2.50 bits per heavy atom. The first-order valence-corrected chi connectivity index (χ1v) is 10.0. The predicted molar refractivity (Wildman–Crippen MR) is 103 cm³/mol. The number of sulfonamides is 1. The van der Waals surface area contributed by atoms with E-state index in [-0.39, 0.29) is 23.2 Å². The average molecular weight is 403 g/mol. The van der Waals surface area contributed by atoms with Crippen LogP contribution in [0.3, 0.4) is 0 Å². The van der Waals surface area contributed by atoms with E-state index < -0.39 is 10.0 Å². The molecular formula is C19H21N3O5S. The molecule has 0 aliphatic carbocycles. The van der Waals surface area contributed by atoms with Gasteiger partial charge in [0.25, 0.3) is 0 Å². The third-order valence-electron chi connectivity index (χ3n) is 3.99. The second-order valence-corrected chi connectivity index (χ2v) is 7.92. The van der Waals surface area contributed by atoms with Crippen LogP contribution in [0.4, 0.5) is 0 Å². The fourth-order valence-electron chi connectivity index (χ4n) is 2.56. The van der Waals surface area contributed by atoms with Gasteiger partial charge in [0, 0.05) is 12.6 Å². The topological polar surface area (TPSA) is 94.8 Å². The third kappa shape index (κ3) is 4.15. The molecule has 0 aliphatic heterocycles. The van der Waals surface area contributed by atoms with Crippen LogP contribution in [0.25, 0.3) is 11.5 Å². The minimum atomic E-state index is -3.65. The van der Waals surface area contributed by atoms with Crippen LogP contribution in [0.1, 0.15) is 12.8 Å². The minimum absolute atomic E-state index is 0.0433. The number of methoxy groups -OCH3 is 1. The molecule has 0 aliphatic rings. The van der Waals surface area contributed by atoms with Crippen LogP contribution in [0, 0.1) is 0 Å². The molecule has 9 heteroatoms. The quantitative estimate of drug-likeness (QED) is 0.571. The molecule has 2 aromatic carbocycles. The molecule has 0 spiro atoms. The fourth-order valence-corrected chi connectivity index (χ4v) is 3.70. The molecule has 3 aromatic rings. The summed E-state index contributed by atoms with van der Waals surface area (Å²) in [6.07, 6.45) is 0. The van der Waals surface area contributed by atoms with Gasteiger partial charge < -0.3 is 13.9 Å². The van der Waals surface area contributed by atoms with Gasteiger partial charge in [-0.2, -0.15) is 4.31 Å². The number of aromatic nitrogens is 2. The van der Waals surface area contributed by atoms with Gasteiger partial charge in [-0.1, -0.05) is 18.2 Å². The molecule has 0 saturated carbocycles. The molecule has 0 radical (unpaired) electrons. The summed E-state index contributed by atoms with van der Waals surface area (Å²) in [6.45, 7) is 2.36.